The zero-order chi connectivity index (χ0) is 24.6. The average Bonchev–Trinajstić information content (AvgIpc) is 3.60. The topological polar surface area (TPSA) is 96.3 Å². The molecule has 182 valence electrons. The van der Waals surface area contributed by atoms with Crippen LogP contribution in [0, 0.1) is 5.82 Å². The number of hydrogen-bond donors (Lipinski definition) is 2. The van der Waals surface area contributed by atoms with E-state index in [0.29, 0.717) is 22.6 Å². The summed E-state index contributed by atoms with van der Waals surface area (Å²) < 4.78 is 43.3. The average molecular weight is 514 g/mol. The van der Waals surface area contributed by atoms with Crippen molar-refractivity contribution in [1.82, 2.24) is 14.9 Å². The van der Waals surface area contributed by atoms with Crippen molar-refractivity contribution in [3.63, 3.8) is 0 Å². The van der Waals surface area contributed by atoms with Gasteiger partial charge in [-0.2, -0.15) is 0 Å². The molecular formula is C24H24FN5O3S2. The number of thiazole rings is 1. The number of benzene rings is 2. The lowest BCUT2D eigenvalue weighted by Crippen LogP contribution is -2.40. The molecule has 3 heterocycles. The number of rotatable bonds is 7. The predicted molar refractivity (Wildman–Crippen MR) is 135 cm³/mol. The van der Waals surface area contributed by atoms with Crippen molar-refractivity contribution in [3.8, 4) is 0 Å². The van der Waals surface area contributed by atoms with E-state index in [9.17, 15) is 17.6 Å². The number of halogens is 1. The lowest BCUT2D eigenvalue weighted by molar-refractivity contribution is -0.124. The SMILES string of the molecule is C[C@H](C(=O)N[C@H]1CCN(c2ccc(S(=O)(=O)Nc3nccs3)cc2)C1)n1ccc2c(F)cccc21. The van der Waals surface area contributed by atoms with Gasteiger partial charge in [-0.05, 0) is 55.8 Å². The fourth-order valence-electron chi connectivity index (χ4n) is 4.33. The van der Waals surface area contributed by atoms with E-state index in [1.165, 1.54) is 23.6 Å². The van der Waals surface area contributed by atoms with Crippen molar-refractivity contribution >= 4 is 49.0 Å². The molecule has 1 amide bonds. The van der Waals surface area contributed by atoms with Crippen LogP contribution in [0.4, 0.5) is 15.2 Å². The highest BCUT2D eigenvalue weighted by Gasteiger charge is 2.27. The van der Waals surface area contributed by atoms with Crippen molar-refractivity contribution < 1.29 is 17.6 Å². The summed E-state index contributed by atoms with van der Waals surface area (Å²) in [5.41, 5.74) is 1.56. The maximum atomic E-state index is 14.0. The second-order valence-electron chi connectivity index (χ2n) is 8.45. The largest absolute Gasteiger partial charge is 0.369 e. The summed E-state index contributed by atoms with van der Waals surface area (Å²) in [5, 5.41) is 5.61. The second kappa shape index (κ2) is 9.31. The number of hydrogen-bond acceptors (Lipinski definition) is 6. The van der Waals surface area contributed by atoms with Gasteiger partial charge in [0.1, 0.15) is 11.9 Å². The first-order valence-electron chi connectivity index (χ1n) is 11.1. The molecule has 1 aliphatic heterocycles. The Morgan fingerprint density at radius 2 is 2.00 bits per heavy atom. The van der Waals surface area contributed by atoms with Crippen molar-refractivity contribution in [2.75, 3.05) is 22.7 Å². The molecule has 0 bridgehead atoms. The van der Waals surface area contributed by atoms with Gasteiger partial charge >= 0.3 is 0 Å². The minimum Gasteiger partial charge on any atom is -0.369 e. The molecule has 2 aromatic heterocycles. The number of aromatic nitrogens is 2. The van der Waals surface area contributed by atoms with E-state index in [4.69, 9.17) is 0 Å². The number of amides is 1. The molecule has 1 saturated heterocycles. The zero-order valence-electron chi connectivity index (χ0n) is 18.9. The zero-order valence-corrected chi connectivity index (χ0v) is 20.5. The van der Waals surface area contributed by atoms with Gasteiger partial charge < -0.3 is 14.8 Å². The van der Waals surface area contributed by atoms with E-state index in [2.05, 4.69) is 19.9 Å². The van der Waals surface area contributed by atoms with Crippen molar-refractivity contribution in [2.24, 2.45) is 0 Å². The quantitative estimate of drug-likeness (QED) is 0.390. The van der Waals surface area contributed by atoms with Crippen LogP contribution in [0.5, 0.6) is 0 Å². The molecule has 0 spiro atoms. The molecule has 2 aromatic carbocycles. The highest BCUT2D eigenvalue weighted by atomic mass is 32.2. The van der Waals surface area contributed by atoms with E-state index in [-0.39, 0.29) is 22.7 Å². The van der Waals surface area contributed by atoms with Crippen LogP contribution in [0.3, 0.4) is 0 Å². The second-order valence-corrected chi connectivity index (χ2v) is 11.0. The molecule has 0 aliphatic carbocycles. The van der Waals surface area contributed by atoms with Gasteiger partial charge in [0, 0.05) is 48.0 Å². The van der Waals surface area contributed by atoms with Gasteiger partial charge in [-0.1, -0.05) is 6.07 Å². The summed E-state index contributed by atoms with van der Waals surface area (Å²) in [6, 6.07) is 12.7. The Labute approximate surface area is 206 Å². The number of carbonyl (C=O) groups is 1. The number of carbonyl (C=O) groups excluding carboxylic acids is 1. The molecule has 0 unspecified atom stereocenters. The Kier molecular flexibility index (Phi) is 6.20. The summed E-state index contributed by atoms with van der Waals surface area (Å²) in [4.78, 5) is 19.2. The molecule has 2 atom stereocenters. The molecule has 1 aliphatic rings. The number of anilines is 2. The first-order chi connectivity index (χ1) is 16.8. The van der Waals surface area contributed by atoms with Gasteiger partial charge in [0.15, 0.2) is 5.13 Å². The number of nitrogens with one attached hydrogen (secondary N) is 2. The van der Waals surface area contributed by atoms with Crippen LogP contribution in [0.2, 0.25) is 0 Å². The smallest absolute Gasteiger partial charge is 0.263 e. The Bertz CT molecular complexity index is 1450. The summed E-state index contributed by atoms with van der Waals surface area (Å²) in [7, 11) is -3.70. The fraction of sp³-hybridized carbons (Fsp3) is 0.250. The lowest BCUT2D eigenvalue weighted by atomic mass is 10.2. The summed E-state index contributed by atoms with van der Waals surface area (Å²) in [6.45, 7) is 3.15. The number of nitrogens with zero attached hydrogens (tertiary/aromatic N) is 3. The van der Waals surface area contributed by atoms with Crippen LogP contribution >= 0.6 is 11.3 Å². The van der Waals surface area contributed by atoms with Gasteiger partial charge in [0.2, 0.25) is 5.91 Å². The van der Waals surface area contributed by atoms with Crippen molar-refractivity contribution in [2.45, 2.75) is 30.3 Å². The molecule has 1 fully saturated rings. The maximum Gasteiger partial charge on any atom is 0.263 e. The highest BCUT2D eigenvalue weighted by Crippen LogP contribution is 2.26. The molecule has 2 N–H and O–H groups in total. The van der Waals surface area contributed by atoms with E-state index in [0.717, 1.165) is 18.7 Å². The third kappa shape index (κ3) is 4.73. The van der Waals surface area contributed by atoms with Gasteiger partial charge in [0.05, 0.1) is 10.4 Å². The van der Waals surface area contributed by atoms with Gasteiger partial charge in [-0.3, -0.25) is 9.52 Å². The molecule has 5 rings (SSSR count). The Morgan fingerprint density at radius 3 is 2.74 bits per heavy atom. The molecule has 8 nitrogen and oxygen atoms in total. The van der Waals surface area contributed by atoms with E-state index >= 15 is 0 Å². The Morgan fingerprint density at radius 1 is 1.20 bits per heavy atom. The summed E-state index contributed by atoms with van der Waals surface area (Å²) >= 11 is 1.21. The van der Waals surface area contributed by atoms with Crippen LogP contribution in [0.25, 0.3) is 10.9 Å². The summed E-state index contributed by atoms with van der Waals surface area (Å²) in [6.07, 6.45) is 4.04. The first-order valence-corrected chi connectivity index (χ1v) is 13.5. The first kappa shape index (κ1) is 23.3. The maximum absolute atomic E-state index is 14.0. The Hall–Kier alpha value is -3.44. The van der Waals surface area contributed by atoms with Crippen LogP contribution in [-0.2, 0) is 14.8 Å². The number of sulfonamides is 1. The summed E-state index contributed by atoms with van der Waals surface area (Å²) in [5.74, 6) is -0.439. The fourth-order valence-corrected chi connectivity index (χ4v) is 6.12. The van der Waals surface area contributed by atoms with Crippen LogP contribution in [-0.4, -0.2) is 43.0 Å². The third-order valence-corrected chi connectivity index (χ3v) is 8.38. The van der Waals surface area contributed by atoms with Gasteiger partial charge in [-0.25, -0.2) is 17.8 Å². The highest BCUT2D eigenvalue weighted by molar-refractivity contribution is 7.93. The molecule has 11 heteroatoms. The minimum absolute atomic E-state index is 0.0431. The van der Waals surface area contributed by atoms with Crippen LogP contribution in [0.1, 0.15) is 19.4 Å². The Balaban J connectivity index is 1.21. The van der Waals surface area contributed by atoms with Gasteiger partial charge in [0.25, 0.3) is 10.0 Å². The van der Waals surface area contributed by atoms with E-state index < -0.39 is 16.1 Å². The third-order valence-electron chi connectivity index (χ3n) is 6.21. The van der Waals surface area contributed by atoms with Crippen LogP contribution < -0.4 is 14.9 Å². The molecule has 0 saturated carbocycles. The molecule has 0 radical (unpaired) electrons. The standard InChI is InChI=1S/C24H24FN5O3S2/c1-16(30-13-10-20-21(25)3-2-4-22(20)30)23(31)27-17-9-12-29(15-17)18-5-7-19(8-6-18)35(32,33)28-24-26-11-14-34-24/h2-8,10-11,13-14,16-17H,9,12,15H2,1H3,(H,26,28)(H,27,31)/t16-,17+/m1/s1. The minimum atomic E-state index is -3.70. The molecular weight excluding hydrogens is 489 g/mol. The van der Waals surface area contributed by atoms with Crippen molar-refractivity contribution in [3.05, 3.63) is 72.1 Å². The van der Waals surface area contributed by atoms with Crippen LogP contribution in [0.15, 0.2) is 71.2 Å². The van der Waals surface area contributed by atoms with Crippen molar-refractivity contribution in [1.29, 1.82) is 0 Å². The number of fused-ring (bicyclic) bond motifs is 1. The predicted octanol–water partition coefficient (Wildman–Crippen LogP) is 3.99. The normalized spacial score (nSPS) is 17.0. The molecule has 4 aromatic rings. The lowest BCUT2D eigenvalue weighted by Gasteiger charge is -2.21. The van der Waals surface area contributed by atoms with E-state index in [1.807, 2.05) is 0 Å². The van der Waals surface area contributed by atoms with Gasteiger partial charge in [-0.15, -0.1) is 11.3 Å². The monoisotopic (exact) mass is 513 g/mol. The van der Waals surface area contributed by atoms with E-state index in [1.54, 1.807) is 65.5 Å². The molecule has 35 heavy (non-hydrogen) atoms.